The van der Waals surface area contributed by atoms with Gasteiger partial charge in [-0.2, -0.15) is 0 Å². The van der Waals surface area contributed by atoms with E-state index in [9.17, 15) is 0 Å². The number of benzene rings is 1. The molecule has 1 aliphatic rings. The van der Waals surface area contributed by atoms with Crippen LogP contribution in [0.25, 0.3) is 11.3 Å². The first-order valence-electron chi connectivity index (χ1n) is 9.29. The second-order valence-electron chi connectivity index (χ2n) is 9.10. The summed E-state index contributed by atoms with van der Waals surface area (Å²) in [6, 6.07) is 9.56. The number of rotatable bonds is 2. The maximum absolute atomic E-state index is 2.47. The first-order chi connectivity index (χ1) is 11.2. The van der Waals surface area contributed by atoms with E-state index in [-0.39, 0.29) is 0 Å². The van der Waals surface area contributed by atoms with Crippen LogP contribution in [0.15, 0.2) is 30.5 Å². The largest absolute Gasteiger partial charge is 0.212 e. The Kier molecular flexibility index (Phi) is 4.32. The predicted molar refractivity (Wildman–Crippen MR) is 102 cm³/mol. The summed E-state index contributed by atoms with van der Waals surface area (Å²) in [5, 5.41) is 0. The SMILES string of the molecule is Cc1cc2c(cc1-c1cc(CC(C)(C)C)cc[n+]1C)C(C)CC2C. The van der Waals surface area contributed by atoms with Gasteiger partial charge in [0, 0.05) is 17.7 Å². The highest BCUT2D eigenvalue weighted by Gasteiger charge is 2.27. The fourth-order valence-corrected chi connectivity index (χ4v) is 4.26. The molecule has 1 aromatic heterocycles. The molecule has 0 saturated heterocycles. The van der Waals surface area contributed by atoms with Gasteiger partial charge in [-0.3, -0.25) is 0 Å². The van der Waals surface area contributed by atoms with Crippen molar-refractivity contribution >= 4 is 0 Å². The van der Waals surface area contributed by atoms with E-state index in [4.69, 9.17) is 0 Å². The summed E-state index contributed by atoms with van der Waals surface area (Å²) < 4.78 is 2.27. The van der Waals surface area contributed by atoms with Gasteiger partial charge in [0.15, 0.2) is 6.20 Å². The Labute approximate surface area is 147 Å². The molecule has 0 aliphatic heterocycles. The Balaban J connectivity index is 2.09. The van der Waals surface area contributed by atoms with Crippen molar-refractivity contribution in [1.82, 2.24) is 0 Å². The average Bonchev–Trinajstić information content (AvgIpc) is 2.73. The molecule has 3 rings (SSSR count). The van der Waals surface area contributed by atoms with Crippen molar-refractivity contribution in [1.29, 1.82) is 0 Å². The maximum atomic E-state index is 2.47. The molecular weight excluding hydrogens is 290 g/mol. The number of nitrogens with zero attached hydrogens (tertiary/aromatic N) is 1. The number of pyridine rings is 1. The molecule has 0 N–H and O–H groups in total. The summed E-state index contributed by atoms with van der Waals surface area (Å²) in [6.07, 6.45) is 4.61. The van der Waals surface area contributed by atoms with Crippen molar-refractivity contribution in [3.8, 4) is 11.3 Å². The molecule has 2 aromatic rings. The molecule has 128 valence electrons. The fourth-order valence-electron chi connectivity index (χ4n) is 4.26. The lowest BCUT2D eigenvalue weighted by molar-refractivity contribution is -0.660. The lowest BCUT2D eigenvalue weighted by Crippen LogP contribution is -2.31. The lowest BCUT2D eigenvalue weighted by Gasteiger charge is -2.18. The molecule has 0 saturated carbocycles. The van der Waals surface area contributed by atoms with Gasteiger partial charge in [-0.15, -0.1) is 0 Å². The van der Waals surface area contributed by atoms with E-state index in [0.29, 0.717) is 17.3 Å². The summed E-state index contributed by atoms with van der Waals surface area (Å²) in [7, 11) is 2.16. The Morgan fingerprint density at radius 1 is 1.04 bits per heavy atom. The molecule has 0 fully saturated rings. The fraction of sp³-hybridized carbons (Fsp3) is 0.522. The zero-order chi connectivity index (χ0) is 17.6. The van der Waals surface area contributed by atoms with Crippen LogP contribution in [0.3, 0.4) is 0 Å². The minimum atomic E-state index is 0.314. The molecule has 0 bridgehead atoms. The second-order valence-corrected chi connectivity index (χ2v) is 9.10. The second kappa shape index (κ2) is 6.02. The summed E-state index contributed by atoms with van der Waals surface area (Å²) >= 11 is 0. The maximum Gasteiger partial charge on any atom is 0.212 e. The number of aromatic nitrogens is 1. The smallest absolute Gasteiger partial charge is 0.201 e. The molecule has 0 spiro atoms. The Morgan fingerprint density at radius 3 is 2.29 bits per heavy atom. The van der Waals surface area contributed by atoms with Crippen LogP contribution in [0.5, 0.6) is 0 Å². The summed E-state index contributed by atoms with van der Waals surface area (Å²) in [6.45, 7) is 13.9. The number of hydrogen-bond acceptors (Lipinski definition) is 0. The molecule has 2 atom stereocenters. The van der Waals surface area contributed by atoms with E-state index in [1.165, 1.54) is 28.8 Å². The van der Waals surface area contributed by atoms with Gasteiger partial charge in [-0.1, -0.05) is 40.7 Å². The van der Waals surface area contributed by atoms with Gasteiger partial charge in [-0.05, 0) is 65.3 Å². The minimum Gasteiger partial charge on any atom is -0.201 e. The van der Waals surface area contributed by atoms with E-state index < -0.39 is 0 Å². The van der Waals surface area contributed by atoms with Crippen molar-refractivity contribution < 1.29 is 4.57 Å². The van der Waals surface area contributed by atoms with Crippen LogP contribution in [0.4, 0.5) is 0 Å². The van der Waals surface area contributed by atoms with Crippen LogP contribution in [-0.4, -0.2) is 0 Å². The Hall–Kier alpha value is -1.63. The van der Waals surface area contributed by atoms with Gasteiger partial charge in [0.25, 0.3) is 0 Å². The standard InChI is InChI=1S/C23H32N/c1-15-10-16(2)20-13-21(17(3)11-19(15)20)22-12-18(8-9-24(22)7)14-23(4,5)6/h8-9,11-13,15-16H,10,14H2,1-7H3/q+1. The zero-order valence-corrected chi connectivity index (χ0v) is 16.4. The van der Waals surface area contributed by atoms with Crippen molar-refractivity contribution in [3.63, 3.8) is 0 Å². The van der Waals surface area contributed by atoms with Gasteiger partial charge in [0.1, 0.15) is 7.05 Å². The van der Waals surface area contributed by atoms with E-state index in [1.807, 2.05) is 0 Å². The summed E-state index contributed by atoms with van der Waals surface area (Å²) in [5.74, 6) is 1.38. The van der Waals surface area contributed by atoms with E-state index >= 15 is 0 Å². The number of hydrogen-bond donors (Lipinski definition) is 0. The molecule has 0 radical (unpaired) electrons. The molecular formula is C23H32N+. The van der Waals surface area contributed by atoms with Crippen molar-refractivity contribution in [2.45, 2.75) is 66.2 Å². The molecule has 1 nitrogen and oxygen atoms in total. The van der Waals surface area contributed by atoms with Gasteiger partial charge >= 0.3 is 0 Å². The van der Waals surface area contributed by atoms with Crippen LogP contribution in [0, 0.1) is 12.3 Å². The van der Waals surface area contributed by atoms with Crippen LogP contribution >= 0.6 is 0 Å². The minimum absolute atomic E-state index is 0.314. The van der Waals surface area contributed by atoms with Crippen LogP contribution in [-0.2, 0) is 13.5 Å². The quantitative estimate of drug-likeness (QED) is 0.626. The van der Waals surface area contributed by atoms with Gasteiger partial charge in [-0.25, -0.2) is 4.57 Å². The third-order valence-corrected chi connectivity index (χ3v) is 5.42. The third-order valence-electron chi connectivity index (χ3n) is 5.42. The van der Waals surface area contributed by atoms with Crippen LogP contribution < -0.4 is 4.57 Å². The highest BCUT2D eigenvalue weighted by molar-refractivity contribution is 5.65. The first-order valence-corrected chi connectivity index (χ1v) is 9.29. The van der Waals surface area contributed by atoms with Gasteiger partial charge in [0.05, 0.1) is 0 Å². The lowest BCUT2D eigenvalue weighted by atomic mass is 9.87. The first kappa shape index (κ1) is 17.2. The highest BCUT2D eigenvalue weighted by Crippen LogP contribution is 2.43. The Morgan fingerprint density at radius 2 is 1.67 bits per heavy atom. The van der Waals surface area contributed by atoms with Crippen LogP contribution in [0.1, 0.15) is 75.1 Å². The van der Waals surface area contributed by atoms with E-state index in [2.05, 4.69) is 83.6 Å². The molecule has 1 heteroatoms. The number of aryl methyl sites for hydroxylation is 2. The van der Waals surface area contributed by atoms with Crippen molar-refractivity contribution in [2.24, 2.45) is 12.5 Å². The van der Waals surface area contributed by atoms with Gasteiger partial charge in [0.2, 0.25) is 5.69 Å². The molecule has 24 heavy (non-hydrogen) atoms. The van der Waals surface area contributed by atoms with Gasteiger partial charge < -0.3 is 0 Å². The van der Waals surface area contributed by atoms with E-state index in [1.54, 1.807) is 11.1 Å². The van der Waals surface area contributed by atoms with Crippen molar-refractivity contribution in [2.75, 3.05) is 0 Å². The molecule has 1 heterocycles. The Bertz CT molecular complexity index is 764. The summed E-state index contributed by atoms with van der Waals surface area (Å²) in [5.41, 5.74) is 9.00. The monoisotopic (exact) mass is 322 g/mol. The number of fused-ring (bicyclic) bond motifs is 1. The molecule has 1 aromatic carbocycles. The molecule has 2 unspecified atom stereocenters. The normalized spacial score (nSPS) is 20.3. The predicted octanol–water partition coefficient (Wildman–Crippen LogP) is 5.69. The zero-order valence-electron chi connectivity index (χ0n) is 16.4. The molecule has 1 aliphatic carbocycles. The van der Waals surface area contributed by atoms with Crippen LogP contribution in [0.2, 0.25) is 0 Å². The average molecular weight is 323 g/mol. The molecule has 0 amide bonds. The highest BCUT2D eigenvalue weighted by atomic mass is 14.9. The van der Waals surface area contributed by atoms with E-state index in [0.717, 1.165) is 6.42 Å². The topological polar surface area (TPSA) is 3.88 Å². The third kappa shape index (κ3) is 3.27. The summed E-state index contributed by atoms with van der Waals surface area (Å²) in [4.78, 5) is 0. The van der Waals surface area contributed by atoms with Crippen molar-refractivity contribution in [3.05, 3.63) is 52.7 Å².